The highest BCUT2D eigenvalue weighted by Gasteiger charge is 2.27. The molecule has 0 aliphatic heterocycles. The number of hydrogen-bond donors (Lipinski definition) is 3. The number of rotatable bonds is 48. The van der Waals surface area contributed by atoms with Crippen LogP contribution in [0, 0.1) is 35.5 Å². The zero-order valence-electron chi connectivity index (χ0n) is 54.0. The molecule has 1 rings (SSSR count). The molecule has 3 N–H and O–H groups in total. The zero-order valence-corrected chi connectivity index (χ0v) is 61.3. The van der Waals surface area contributed by atoms with Crippen molar-refractivity contribution >= 4 is 136 Å². The SMILES string of the molecule is CC(C)CCCCCN(CCCCCC(C)C)C(=S)SCC(O)C(=O)Sc1nc(SC(=O)C(O)CSC(=S)N(CCCCCC(C)C)CCCCCC(C)C)nc(SC(=O)C(O)CSC(=S)N(CCCCCC(C)C)CCCCCC(C)C)n1. The van der Waals surface area contributed by atoms with Crippen molar-refractivity contribution in [2.45, 2.75) is 271 Å². The number of hydrogen-bond acceptors (Lipinski definition) is 18. The second kappa shape index (κ2) is 50.3. The van der Waals surface area contributed by atoms with E-state index in [9.17, 15) is 29.7 Å². The van der Waals surface area contributed by atoms with Gasteiger partial charge in [-0.05, 0) is 109 Å². The van der Waals surface area contributed by atoms with Crippen LogP contribution in [0.15, 0.2) is 15.5 Å². The van der Waals surface area contributed by atoms with Gasteiger partial charge >= 0.3 is 0 Å². The van der Waals surface area contributed by atoms with E-state index in [-0.39, 0.29) is 32.7 Å². The molecule has 3 atom stereocenters. The van der Waals surface area contributed by atoms with E-state index in [1.165, 1.54) is 112 Å². The molecule has 0 fully saturated rings. The summed E-state index contributed by atoms with van der Waals surface area (Å²) in [5.74, 6) is 4.04. The molecule has 0 aliphatic rings. The number of thioether (sulfide) groups is 6. The monoisotopic (exact) mass is 1340 g/mol. The maximum absolute atomic E-state index is 13.8. The van der Waals surface area contributed by atoms with Crippen LogP contribution >= 0.6 is 107 Å². The summed E-state index contributed by atoms with van der Waals surface area (Å²) >= 11 is 23.3. The molecule has 0 saturated heterocycles. The van der Waals surface area contributed by atoms with Crippen LogP contribution in [0.1, 0.15) is 237 Å². The summed E-state index contributed by atoms with van der Waals surface area (Å²) in [4.78, 5) is 61.2. The Hall–Kier alpha value is -0.330. The van der Waals surface area contributed by atoms with Crippen molar-refractivity contribution < 1.29 is 29.7 Å². The highest BCUT2D eigenvalue weighted by atomic mass is 32.2. The molecule has 1 aromatic heterocycles. The lowest BCUT2D eigenvalue weighted by molar-refractivity contribution is -0.117. The Morgan fingerprint density at radius 2 is 0.512 bits per heavy atom. The lowest BCUT2D eigenvalue weighted by atomic mass is 10.0. The maximum Gasteiger partial charge on any atom is 0.225 e. The van der Waals surface area contributed by atoms with Crippen LogP contribution in [-0.4, -0.2) is 148 Å². The molecule has 0 radical (unpaired) electrons. The minimum Gasteiger partial charge on any atom is -0.383 e. The first-order valence-electron chi connectivity index (χ1n) is 32.1. The van der Waals surface area contributed by atoms with Gasteiger partial charge in [-0.25, -0.2) is 0 Å². The third-order valence-corrected chi connectivity index (χ3v) is 21.4. The molecular formula is C63H114N6O6S9. The molecule has 0 amide bonds. The van der Waals surface area contributed by atoms with E-state index >= 15 is 0 Å². The molecular weight excluding hydrogens is 1230 g/mol. The first kappa shape index (κ1) is 81.7. The molecule has 21 heteroatoms. The summed E-state index contributed by atoms with van der Waals surface area (Å²) < 4.78 is 1.94. The molecule has 84 heavy (non-hydrogen) atoms. The van der Waals surface area contributed by atoms with Crippen molar-refractivity contribution in [1.82, 2.24) is 29.7 Å². The van der Waals surface area contributed by atoms with Crippen molar-refractivity contribution in [3.8, 4) is 0 Å². The molecule has 0 saturated carbocycles. The van der Waals surface area contributed by atoms with Gasteiger partial charge in [0.15, 0.2) is 15.5 Å². The first-order valence-corrected chi connectivity index (χ1v) is 38.7. The number of carbonyl (C=O) groups excluding carboxylic acids is 3. The van der Waals surface area contributed by atoms with Gasteiger partial charge in [0.25, 0.3) is 0 Å². The van der Waals surface area contributed by atoms with Gasteiger partial charge in [0.2, 0.25) is 15.3 Å². The predicted molar refractivity (Wildman–Crippen MR) is 380 cm³/mol. The fourth-order valence-electron chi connectivity index (χ4n) is 8.94. The number of aliphatic hydroxyl groups is 3. The van der Waals surface area contributed by atoms with E-state index in [1.54, 1.807) is 0 Å². The van der Waals surface area contributed by atoms with Crippen molar-refractivity contribution in [2.75, 3.05) is 56.5 Å². The largest absolute Gasteiger partial charge is 0.383 e. The molecule has 3 unspecified atom stereocenters. The van der Waals surface area contributed by atoms with E-state index in [0.29, 0.717) is 83.8 Å². The van der Waals surface area contributed by atoms with Crippen LogP contribution in [0.5, 0.6) is 0 Å². The predicted octanol–water partition coefficient (Wildman–Crippen LogP) is 17.1. The maximum atomic E-state index is 13.8. The van der Waals surface area contributed by atoms with Gasteiger partial charge in [0.1, 0.15) is 31.3 Å². The third kappa shape index (κ3) is 43.4. The van der Waals surface area contributed by atoms with Crippen LogP contribution in [-0.2, 0) is 14.4 Å². The molecule has 0 aliphatic carbocycles. The molecule has 0 spiro atoms. The lowest BCUT2D eigenvalue weighted by Crippen LogP contribution is -2.31. The van der Waals surface area contributed by atoms with Gasteiger partial charge in [-0.15, -0.1) is 0 Å². The Morgan fingerprint density at radius 1 is 0.333 bits per heavy atom. The smallest absolute Gasteiger partial charge is 0.225 e. The number of carbonyl (C=O) groups is 3. The summed E-state index contributed by atoms with van der Waals surface area (Å²) in [6.07, 6.45) is 22.6. The van der Waals surface area contributed by atoms with Crippen LogP contribution in [0.3, 0.4) is 0 Å². The minimum atomic E-state index is -1.44. The fraction of sp³-hybridized carbons (Fsp3) is 0.857. The topological polar surface area (TPSA) is 160 Å². The van der Waals surface area contributed by atoms with Gasteiger partial charge in [0, 0.05) is 56.5 Å². The van der Waals surface area contributed by atoms with Crippen molar-refractivity contribution in [1.29, 1.82) is 0 Å². The number of aromatic nitrogens is 3. The Balaban J connectivity index is 3.33. The Labute approximate surface area is 553 Å². The molecule has 12 nitrogen and oxygen atoms in total. The third-order valence-electron chi connectivity index (χ3n) is 14.1. The molecule has 486 valence electrons. The average molecular weight is 1340 g/mol. The second-order valence-corrected chi connectivity index (χ2v) is 33.0. The summed E-state index contributed by atoms with van der Waals surface area (Å²) in [7, 11) is 0. The van der Waals surface area contributed by atoms with Crippen LogP contribution in [0.2, 0.25) is 0 Å². The number of aliphatic hydroxyl groups excluding tert-OH is 3. The molecule has 1 heterocycles. The Morgan fingerprint density at radius 3 is 0.679 bits per heavy atom. The van der Waals surface area contributed by atoms with E-state index < -0.39 is 33.7 Å². The van der Waals surface area contributed by atoms with Crippen molar-refractivity contribution in [2.24, 2.45) is 35.5 Å². The fourth-order valence-corrected chi connectivity index (χ4v) is 15.0. The number of thiocarbonyl (C=S) groups is 3. The minimum absolute atomic E-state index is 0.0198. The highest BCUT2D eigenvalue weighted by Crippen LogP contribution is 2.29. The van der Waals surface area contributed by atoms with Crippen LogP contribution in [0.4, 0.5) is 0 Å². The lowest BCUT2D eigenvalue weighted by Gasteiger charge is -2.25. The number of unbranched alkanes of at least 4 members (excludes halogenated alkanes) is 12. The van der Waals surface area contributed by atoms with Crippen molar-refractivity contribution in [3.63, 3.8) is 0 Å². The van der Waals surface area contributed by atoms with Gasteiger partial charge in [-0.3, -0.25) is 14.4 Å². The standard InChI is InChI=1S/C63H114N6O6S9/c1-46(2)31-19-13-25-37-67(38-26-14-20-32-47(3)4)61(76)79-43-52(70)55(73)82-58-64-59(83-56(74)53(71)44-80-62(77)68(39-27-15-21-33-48(5)6)40-28-16-22-34-49(7)8)66-60(65-58)84-57(75)54(72)45-81-63(78)69(41-29-17-23-35-50(9)10)42-30-18-24-36-51(11)12/h46-54,70-72H,13-45H2,1-12H3. The normalized spacial score (nSPS) is 13.0. The van der Waals surface area contributed by atoms with Crippen molar-refractivity contribution in [3.05, 3.63) is 0 Å². The summed E-state index contributed by atoms with van der Waals surface area (Å²) in [6, 6.07) is 0. The molecule has 0 bridgehead atoms. The van der Waals surface area contributed by atoms with Crippen LogP contribution < -0.4 is 0 Å². The number of nitrogens with zero attached hydrogens (tertiary/aromatic N) is 6. The zero-order chi connectivity index (χ0) is 62.8. The van der Waals surface area contributed by atoms with Crippen LogP contribution in [0.25, 0.3) is 0 Å². The highest BCUT2D eigenvalue weighted by molar-refractivity contribution is 8.24. The average Bonchev–Trinajstić information content (AvgIpc) is 3.62. The second-order valence-electron chi connectivity index (χ2n) is 25.1. The quantitative estimate of drug-likeness (QED) is 0.0321. The first-order chi connectivity index (χ1) is 39.9. The van der Waals surface area contributed by atoms with Gasteiger partial charge in [0.05, 0.1) is 0 Å². The van der Waals surface area contributed by atoms with Gasteiger partial charge in [-0.2, -0.15) is 15.0 Å². The van der Waals surface area contributed by atoms with E-state index in [0.717, 1.165) is 116 Å². The van der Waals surface area contributed by atoms with Gasteiger partial charge in [-0.1, -0.05) is 271 Å². The summed E-state index contributed by atoms with van der Waals surface area (Å²) in [5, 5.41) is 31.5. The summed E-state index contributed by atoms with van der Waals surface area (Å²) in [6.45, 7) is 31.9. The Kier molecular flexibility index (Phi) is 48.9. The molecule has 1 aromatic rings. The van der Waals surface area contributed by atoms with E-state index in [1.807, 2.05) is 0 Å². The van der Waals surface area contributed by atoms with Gasteiger partial charge < -0.3 is 30.0 Å². The van der Waals surface area contributed by atoms with E-state index in [2.05, 4.69) is 113 Å². The summed E-state index contributed by atoms with van der Waals surface area (Å²) in [5.41, 5.74) is 0. The Bertz CT molecular complexity index is 1690. The molecule has 0 aromatic carbocycles. The van der Waals surface area contributed by atoms with E-state index in [4.69, 9.17) is 36.7 Å².